The molecule has 0 aliphatic carbocycles. The van der Waals surface area contributed by atoms with Gasteiger partial charge in [0.25, 0.3) is 0 Å². The highest BCUT2D eigenvalue weighted by Crippen LogP contribution is 2.26. The summed E-state index contributed by atoms with van der Waals surface area (Å²) in [6.07, 6.45) is 0. The first-order valence-electron chi connectivity index (χ1n) is 6.16. The molecule has 0 bridgehead atoms. The van der Waals surface area contributed by atoms with Crippen molar-refractivity contribution in [1.82, 2.24) is 5.32 Å². The van der Waals surface area contributed by atoms with Crippen LogP contribution in [-0.4, -0.2) is 6.54 Å². The van der Waals surface area contributed by atoms with Crippen molar-refractivity contribution in [2.24, 2.45) is 0 Å². The fourth-order valence-corrected chi connectivity index (χ4v) is 2.04. The van der Waals surface area contributed by atoms with Gasteiger partial charge in [-0.05, 0) is 30.3 Å². The number of nitrogens with one attached hydrogen (secondary N) is 1. The molecule has 2 aromatic carbocycles. The molecule has 0 aliphatic rings. The summed E-state index contributed by atoms with van der Waals surface area (Å²) in [7, 11) is 0. The van der Waals surface area contributed by atoms with E-state index < -0.39 is 29.3 Å². The van der Waals surface area contributed by atoms with E-state index in [9.17, 15) is 17.6 Å². The molecule has 106 valence electrons. The van der Waals surface area contributed by atoms with E-state index in [4.69, 9.17) is 0 Å². The van der Waals surface area contributed by atoms with Gasteiger partial charge in [0.2, 0.25) is 0 Å². The first-order chi connectivity index (χ1) is 9.52. The predicted molar refractivity (Wildman–Crippen MR) is 68.2 cm³/mol. The van der Waals surface area contributed by atoms with Crippen LogP contribution in [0.15, 0.2) is 36.4 Å². The van der Waals surface area contributed by atoms with Crippen LogP contribution in [0.3, 0.4) is 0 Å². The van der Waals surface area contributed by atoms with Gasteiger partial charge < -0.3 is 5.32 Å². The molecule has 1 nitrogen and oxygen atoms in total. The third-order valence-corrected chi connectivity index (χ3v) is 2.96. The highest BCUT2D eigenvalue weighted by atomic mass is 19.2. The molecule has 0 aliphatic heterocycles. The fraction of sp³-hybridized carbons (Fsp3) is 0.200. The summed E-state index contributed by atoms with van der Waals surface area (Å²) in [6.45, 7) is 2.29. The molecule has 0 heterocycles. The van der Waals surface area contributed by atoms with Crippen LogP contribution in [0.5, 0.6) is 0 Å². The third kappa shape index (κ3) is 2.99. The molecule has 2 aromatic rings. The Morgan fingerprint density at radius 1 is 0.900 bits per heavy atom. The molecule has 1 atom stereocenters. The van der Waals surface area contributed by atoms with Crippen molar-refractivity contribution in [3.8, 4) is 0 Å². The van der Waals surface area contributed by atoms with Crippen LogP contribution in [0.1, 0.15) is 24.1 Å². The highest BCUT2D eigenvalue weighted by molar-refractivity contribution is 5.33. The monoisotopic (exact) mass is 283 g/mol. The Labute approximate surface area is 114 Å². The zero-order chi connectivity index (χ0) is 14.7. The molecule has 1 N–H and O–H groups in total. The average Bonchev–Trinajstić information content (AvgIpc) is 2.40. The van der Waals surface area contributed by atoms with Crippen LogP contribution in [0.25, 0.3) is 0 Å². The Bertz CT molecular complexity index is 613. The van der Waals surface area contributed by atoms with E-state index in [0.29, 0.717) is 12.1 Å². The van der Waals surface area contributed by atoms with Gasteiger partial charge in [-0.2, -0.15) is 0 Å². The second-order valence-electron chi connectivity index (χ2n) is 4.33. The van der Waals surface area contributed by atoms with E-state index in [1.54, 1.807) is 6.92 Å². The zero-order valence-electron chi connectivity index (χ0n) is 10.8. The van der Waals surface area contributed by atoms with Crippen LogP contribution >= 0.6 is 0 Å². The number of hydrogen-bond donors (Lipinski definition) is 1. The van der Waals surface area contributed by atoms with Crippen LogP contribution < -0.4 is 5.32 Å². The van der Waals surface area contributed by atoms with Crippen molar-refractivity contribution in [3.05, 3.63) is 70.8 Å². The molecule has 0 radical (unpaired) electrons. The lowest BCUT2D eigenvalue weighted by Gasteiger charge is -2.19. The second-order valence-corrected chi connectivity index (χ2v) is 4.33. The van der Waals surface area contributed by atoms with Crippen molar-refractivity contribution in [1.29, 1.82) is 0 Å². The van der Waals surface area contributed by atoms with Gasteiger partial charge in [0.15, 0.2) is 11.6 Å². The number of benzene rings is 2. The molecular formula is C15H13F4N. The predicted octanol–water partition coefficient (Wildman–Crippen LogP) is 3.94. The van der Waals surface area contributed by atoms with Crippen LogP contribution in [0.4, 0.5) is 17.6 Å². The zero-order valence-corrected chi connectivity index (χ0v) is 10.8. The summed E-state index contributed by atoms with van der Waals surface area (Å²) >= 11 is 0. The van der Waals surface area contributed by atoms with Gasteiger partial charge >= 0.3 is 0 Å². The minimum Gasteiger partial charge on any atom is -0.306 e. The summed E-state index contributed by atoms with van der Waals surface area (Å²) in [5.74, 6) is -3.40. The fourth-order valence-electron chi connectivity index (χ4n) is 2.04. The lowest BCUT2D eigenvalue weighted by atomic mass is 9.98. The Hall–Kier alpha value is -1.88. The number of halogens is 4. The van der Waals surface area contributed by atoms with E-state index in [0.717, 1.165) is 24.3 Å². The van der Waals surface area contributed by atoms with Crippen molar-refractivity contribution in [3.63, 3.8) is 0 Å². The Morgan fingerprint density at radius 3 is 2.25 bits per heavy atom. The largest absolute Gasteiger partial charge is 0.306 e. The average molecular weight is 283 g/mol. The SMILES string of the molecule is CCNC(c1ccc(F)c(F)c1)c1ccc(F)cc1F. The van der Waals surface area contributed by atoms with E-state index in [2.05, 4.69) is 5.32 Å². The number of hydrogen-bond acceptors (Lipinski definition) is 1. The smallest absolute Gasteiger partial charge is 0.159 e. The van der Waals surface area contributed by atoms with Crippen molar-refractivity contribution >= 4 is 0 Å². The molecular weight excluding hydrogens is 270 g/mol. The van der Waals surface area contributed by atoms with Gasteiger partial charge in [-0.1, -0.05) is 19.1 Å². The van der Waals surface area contributed by atoms with Crippen LogP contribution in [0.2, 0.25) is 0 Å². The van der Waals surface area contributed by atoms with Gasteiger partial charge in [0.1, 0.15) is 11.6 Å². The maximum Gasteiger partial charge on any atom is 0.159 e. The van der Waals surface area contributed by atoms with E-state index in [1.165, 1.54) is 12.1 Å². The molecule has 0 fully saturated rings. The normalized spacial score (nSPS) is 12.4. The Kier molecular flexibility index (Phi) is 4.39. The Morgan fingerprint density at radius 2 is 1.65 bits per heavy atom. The Balaban J connectivity index is 2.47. The van der Waals surface area contributed by atoms with E-state index in [1.807, 2.05) is 0 Å². The lowest BCUT2D eigenvalue weighted by molar-refractivity contribution is 0.501. The van der Waals surface area contributed by atoms with Crippen molar-refractivity contribution in [2.75, 3.05) is 6.54 Å². The molecule has 20 heavy (non-hydrogen) atoms. The molecule has 1 unspecified atom stereocenters. The standard InChI is InChI=1S/C15H13F4N/c1-2-20-15(9-3-6-12(17)14(19)7-9)11-5-4-10(16)8-13(11)18/h3-8,15,20H,2H2,1H3. The third-order valence-electron chi connectivity index (χ3n) is 2.96. The van der Waals surface area contributed by atoms with Gasteiger partial charge in [-0.25, -0.2) is 17.6 Å². The maximum absolute atomic E-state index is 13.8. The van der Waals surface area contributed by atoms with Gasteiger partial charge in [0, 0.05) is 11.6 Å². The molecule has 0 saturated carbocycles. The summed E-state index contributed by atoms with van der Waals surface area (Å²) in [5.41, 5.74) is 0.551. The van der Waals surface area contributed by atoms with Crippen molar-refractivity contribution in [2.45, 2.75) is 13.0 Å². The summed E-state index contributed by atoms with van der Waals surface area (Å²) in [6, 6.07) is 5.87. The summed E-state index contributed by atoms with van der Waals surface area (Å²) < 4.78 is 53.1. The highest BCUT2D eigenvalue weighted by Gasteiger charge is 2.19. The van der Waals surface area contributed by atoms with Gasteiger partial charge in [0.05, 0.1) is 6.04 Å². The van der Waals surface area contributed by atoms with Crippen LogP contribution in [-0.2, 0) is 0 Å². The minimum atomic E-state index is -1.01. The quantitative estimate of drug-likeness (QED) is 0.838. The van der Waals surface area contributed by atoms with Gasteiger partial charge in [-0.15, -0.1) is 0 Å². The minimum absolute atomic E-state index is 0.180. The second kappa shape index (κ2) is 6.05. The number of rotatable bonds is 4. The molecule has 0 amide bonds. The maximum atomic E-state index is 13.8. The van der Waals surface area contributed by atoms with E-state index >= 15 is 0 Å². The molecule has 0 aromatic heterocycles. The first-order valence-corrected chi connectivity index (χ1v) is 6.16. The molecule has 0 spiro atoms. The van der Waals surface area contributed by atoms with Gasteiger partial charge in [-0.3, -0.25) is 0 Å². The van der Waals surface area contributed by atoms with E-state index in [-0.39, 0.29) is 5.56 Å². The molecule has 5 heteroatoms. The first kappa shape index (κ1) is 14.5. The lowest BCUT2D eigenvalue weighted by Crippen LogP contribution is -2.23. The molecule has 2 rings (SSSR count). The van der Waals surface area contributed by atoms with Crippen molar-refractivity contribution < 1.29 is 17.6 Å². The molecule has 0 saturated heterocycles. The summed E-state index contributed by atoms with van der Waals surface area (Å²) in [5, 5.41) is 2.97. The summed E-state index contributed by atoms with van der Waals surface area (Å²) in [4.78, 5) is 0. The topological polar surface area (TPSA) is 12.0 Å². The van der Waals surface area contributed by atoms with Crippen LogP contribution in [0, 0.1) is 23.3 Å².